The van der Waals surface area contributed by atoms with Gasteiger partial charge in [0.1, 0.15) is 0 Å². The van der Waals surface area contributed by atoms with E-state index in [4.69, 9.17) is 0 Å². The fourth-order valence-corrected chi connectivity index (χ4v) is 5.38. The highest BCUT2D eigenvalue weighted by Crippen LogP contribution is 2.34. The van der Waals surface area contributed by atoms with Gasteiger partial charge in [-0.3, -0.25) is 4.90 Å². The molecule has 2 atom stereocenters. The molecule has 5 heteroatoms. The van der Waals surface area contributed by atoms with Gasteiger partial charge in [-0.2, -0.15) is 0 Å². The van der Waals surface area contributed by atoms with Crippen molar-refractivity contribution in [3.8, 4) is 0 Å². The molecule has 2 unspecified atom stereocenters. The van der Waals surface area contributed by atoms with Crippen LogP contribution in [0.4, 0.5) is 4.79 Å². The number of rotatable bonds is 5. The first kappa shape index (κ1) is 18.5. The fourth-order valence-electron chi connectivity index (χ4n) is 4.52. The van der Waals surface area contributed by atoms with E-state index in [2.05, 4.69) is 58.9 Å². The third kappa shape index (κ3) is 4.04. The number of carbonyl (C=O) groups excluding carboxylic acids is 1. The first-order valence-corrected chi connectivity index (χ1v) is 11.0. The average Bonchev–Trinajstić information content (AvgIpc) is 3.44. The van der Waals surface area contributed by atoms with Gasteiger partial charge in [0, 0.05) is 18.0 Å². The smallest absolute Gasteiger partial charge is 0.317 e. The molecule has 2 saturated heterocycles. The SMILES string of the molecule is Cc1ccccc1C1CCCN1C(=O)NCC(c1cccs1)N1CCCC1. The van der Waals surface area contributed by atoms with Crippen LogP contribution in [0.2, 0.25) is 0 Å². The molecule has 1 aromatic carbocycles. The van der Waals surface area contributed by atoms with Crippen LogP contribution in [0.15, 0.2) is 41.8 Å². The molecule has 0 spiro atoms. The predicted molar refractivity (Wildman–Crippen MR) is 111 cm³/mol. The van der Waals surface area contributed by atoms with Crippen molar-refractivity contribution >= 4 is 17.4 Å². The summed E-state index contributed by atoms with van der Waals surface area (Å²) in [5, 5.41) is 5.39. The zero-order valence-corrected chi connectivity index (χ0v) is 16.9. The van der Waals surface area contributed by atoms with Crippen LogP contribution in [0.25, 0.3) is 0 Å². The molecule has 0 saturated carbocycles. The van der Waals surface area contributed by atoms with Crippen LogP contribution in [-0.2, 0) is 0 Å². The maximum Gasteiger partial charge on any atom is 0.317 e. The maximum absolute atomic E-state index is 13.0. The van der Waals surface area contributed by atoms with Gasteiger partial charge in [0.25, 0.3) is 0 Å². The standard InChI is InChI=1S/C22H29N3OS/c1-17-8-2-3-9-18(17)19-10-6-14-25(19)22(26)23-16-20(21-11-7-15-27-21)24-12-4-5-13-24/h2-3,7-9,11,15,19-20H,4-6,10,12-14,16H2,1H3,(H,23,26). The van der Waals surface area contributed by atoms with E-state index in [9.17, 15) is 4.79 Å². The molecule has 2 aliphatic rings. The van der Waals surface area contributed by atoms with Gasteiger partial charge in [-0.15, -0.1) is 11.3 Å². The second-order valence-electron chi connectivity index (χ2n) is 7.67. The van der Waals surface area contributed by atoms with E-state index in [0.29, 0.717) is 12.6 Å². The predicted octanol–water partition coefficient (Wildman–Crippen LogP) is 4.74. The van der Waals surface area contributed by atoms with Gasteiger partial charge in [0.05, 0.1) is 12.1 Å². The van der Waals surface area contributed by atoms with Crippen LogP contribution >= 0.6 is 11.3 Å². The van der Waals surface area contributed by atoms with Crippen LogP contribution in [0.1, 0.15) is 53.8 Å². The number of hydrogen-bond acceptors (Lipinski definition) is 3. The zero-order chi connectivity index (χ0) is 18.6. The number of thiophene rings is 1. The van der Waals surface area contributed by atoms with E-state index in [1.54, 1.807) is 11.3 Å². The topological polar surface area (TPSA) is 35.6 Å². The van der Waals surface area contributed by atoms with Gasteiger partial charge in [-0.05, 0) is 68.3 Å². The van der Waals surface area contributed by atoms with E-state index in [-0.39, 0.29) is 12.1 Å². The Labute approximate surface area is 166 Å². The van der Waals surface area contributed by atoms with Gasteiger partial charge >= 0.3 is 6.03 Å². The molecule has 27 heavy (non-hydrogen) atoms. The Morgan fingerprint density at radius 3 is 2.70 bits per heavy atom. The Morgan fingerprint density at radius 1 is 1.15 bits per heavy atom. The minimum absolute atomic E-state index is 0.0847. The van der Waals surface area contributed by atoms with Gasteiger partial charge in [0.2, 0.25) is 0 Å². The van der Waals surface area contributed by atoms with Gasteiger partial charge < -0.3 is 10.2 Å². The highest BCUT2D eigenvalue weighted by molar-refractivity contribution is 7.10. The number of amides is 2. The fraction of sp³-hybridized carbons (Fsp3) is 0.500. The summed E-state index contributed by atoms with van der Waals surface area (Å²) in [4.78, 5) is 18.9. The van der Waals surface area contributed by atoms with Crippen LogP contribution in [0.3, 0.4) is 0 Å². The molecule has 144 valence electrons. The molecule has 0 radical (unpaired) electrons. The van der Waals surface area contributed by atoms with Crippen molar-refractivity contribution < 1.29 is 4.79 Å². The normalized spacial score (nSPS) is 21.5. The lowest BCUT2D eigenvalue weighted by Crippen LogP contribution is -2.43. The Balaban J connectivity index is 1.44. The molecule has 0 bridgehead atoms. The van der Waals surface area contributed by atoms with Crippen LogP contribution in [0, 0.1) is 6.92 Å². The van der Waals surface area contributed by atoms with Gasteiger partial charge in [-0.25, -0.2) is 4.79 Å². The summed E-state index contributed by atoms with van der Waals surface area (Å²) in [5.74, 6) is 0. The first-order chi connectivity index (χ1) is 13.2. The maximum atomic E-state index is 13.0. The second-order valence-corrected chi connectivity index (χ2v) is 8.65. The number of aryl methyl sites for hydroxylation is 1. The second kappa shape index (κ2) is 8.44. The van der Waals surface area contributed by atoms with Crippen LogP contribution in [0.5, 0.6) is 0 Å². The molecule has 2 amide bonds. The molecule has 3 heterocycles. The summed E-state index contributed by atoms with van der Waals surface area (Å²) in [5.41, 5.74) is 2.57. The summed E-state index contributed by atoms with van der Waals surface area (Å²) in [7, 11) is 0. The number of urea groups is 1. The van der Waals surface area contributed by atoms with Crippen molar-refractivity contribution in [1.29, 1.82) is 0 Å². The first-order valence-electron chi connectivity index (χ1n) is 10.1. The van der Waals surface area contributed by atoms with Gasteiger partial charge in [-0.1, -0.05) is 30.3 Å². The lowest BCUT2D eigenvalue weighted by molar-refractivity contribution is 0.184. The lowest BCUT2D eigenvalue weighted by atomic mass is 9.99. The lowest BCUT2D eigenvalue weighted by Gasteiger charge is -2.30. The van der Waals surface area contributed by atoms with Gasteiger partial charge in [0.15, 0.2) is 0 Å². The van der Waals surface area contributed by atoms with Crippen molar-refractivity contribution in [2.75, 3.05) is 26.2 Å². The molecule has 4 nitrogen and oxygen atoms in total. The molecule has 2 aliphatic heterocycles. The van der Waals surface area contributed by atoms with E-state index in [1.807, 2.05) is 4.90 Å². The molecule has 1 aromatic heterocycles. The number of benzene rings is 1. The minimum atomic E-state index is 0.0847. The summed E-state index contributed by atoms with van der Waals surface area (Å²) in [6.45, 7) is 5.94. The average molecular weight is 384 g/mol. The van der Waals surface area contributed by atoms with Crippen molar-refractivity contribution in [2.45, 2.75) is 44.7 Å². The molecule has 1 N–H and O–H groups in total. The van der Waals surface area contributed by atoms with Crippen LogP contribution < -0.4 is 5.32 Å². The van der Waals surface area contributed by atoms with Crippen molar-refractivity contribution in [2.24, 2.45) is 0 Å². The Hall–Kier alpha value is -1.85. The summed E-state index contributed by atoms with van der Waals surface area (Å²) >= 11 is 1.79. The minimum Gasteiger partial charge on any atom is -0.336 e. The van der Waals surface area contributed by atoms with Crippen molar-refractivity contribution in [3.05, 3.63) is 57.8 Å². The third-order valence-electron chi connectivity index (χ3n) is 5.96. The van der Waals surface area contributed by atoms with E-state index < -0.39 is 0 Å². The van der Waals surface area contributed by atoms with Crippen molar-refractivity contribution in [3.63, 3.8) is 0 Å². The molecule has 4 rings (SSSR count). The summed E-state index contributed by atoms with van der Waals surface area (Å²) < 4.78 is 0. The van der Waals surface area contributed by atoms with E-state index in [1.165, 1.54) is 28.8 Å². The Morgan fingerprint density at radius 2 is 1.96 bits per heavy atom. The molecular formula is C22H29N3OS. The highest BCUT2D eigenvalue weighted by atomic mass is 32.1. The zero-order valence-electron chi connectivity index (χ0n) is 16.1. The molecule has 0 aliphatic carbocycles. The van der Waals surface area contributed by atoms with Crippen LogP contribution in [-0.4, -0.2) is 42.0 Å². The molecule has 2 aromatic rings. The quantitative estimate of drug-likeness (QED) is 0.809. The molecule has 2 fully saturated rings. The summed E-state index contributed by atoms with van der Waals surface area (Å²) in [6, 6.07) is 13.4. The number of carbonyl (C=O) groups is 1. The number of nitrogens with one attached hydrogen (secondary N) is 1. The van der Waals surface area contributed by atoms with Crippen molar-refractivity contribution in [1.82, 2.24) is 15.1 Å². The number of likely N-dealkylation sites (tertiary alicyclic amines) is 2. The highest BCUT2D eigenvalue weighted by Gasteiger charge is 2.32. The monoisotopic (exact) mass is 383 g/mol. The Bertz CT molecular complexity index is 755. The Kier molecular flexibility index (Phi) is 5.79. The third-order valence-corrected chi connectivity index (χ3v) is 6.93. The molecular weight excluding hydrogens is 354 g/mol. The van der Waals surface area contributed by atoms with E-state index in [0.717, 1.165) is 32.5 Å². The largest absolute Gasteiger partial charge is 0.336 e. The number of hydrogen-bond donors (Lipinski definition) is 1. The number of nitrogens with zero attached hydrogens (tertiary/aromatic N) is 2. The summed E-state index contributed by atoms with van der Waals surface area (Å²) in [6.07, 6.45) is 4.65. The van der Waals surface area contributed by atoms with E-state index >= 15 is 0 Å².